The molecule has 0 spiro atoms. The van der Waals surface area contributed by atoms with Gasteiger partial charge in [-0.1, -0.05) is 115 Å². The number of allylic oxidation sites excluding steroid dienone is 4. The van der Waals surface area contributed by atoms with E-state index in [1.165, 1.54) is 48.2 Å². The lowest BCUT2D eigenvalue weighted by atomic mass is 10.1. The van der Waals surface area contributed by atoms with E-state index in [1.54, 1.807) is 0 Å². The first-order chi connectivity index (χ1) is 19.8. The maximum absolute atomic E-state index is 2.67. The molecule has 0 amide bonds. The molecule has 0 saturated carbocycles. The first-order valence-corrected chi connectivity index (χ1v) is 15.8. The predicted octanol–water partition coefficient (Wildman–Crippen LogP) is 6.69. The third kappa shape index (κ3) is 3.86. The second kappa shape index (κ2) is 10.0. The first kappa shape index (κ1) is 24.2. The number of nitrogens with zero attached hydrogens (tertiary/aromatic N) is 2. The van der Waals surface area contributed by atoms with Crippen LogP contribution in [0.3, 0.4) is 0 Å². The monoisotopic (exact) mass is 530 g/mol. The van der Waals surface area contributed by atoms with Gasteiger partial charge in [-0.3, -0.25) is 0 Å². The van der Waals surface area contributed by atoms with Gasteiger partial charge in [-0.2, -0.15) is 0 Å². The number of hydrogen-bond acceptors (Lipinski definition) is 1. The molecule has 0 unspecified atom stereocenters. The fraction of sp³-hybridized carbons (Fsp3) is 0.0270. The second-order valence-electron chi connectivity index (χ2n) is 10.3. The van der Waals surface area contributed by atoms with Crippen LogP contribution in [0.25, 0.3) is 27.5 Å². The summed E-state index contributed by atoms with van der Waals surface area (Å²) in [4.78, 5) is 2.12. The molecule has 0 fully saturated rings. The van der Waals surface area contributed by atoms with E-state index in [1.807, 2.05) is 0 Å². The fourth-order valence-corrected chi connectivity index (χ4v) is 11.0. The molecule has 1 aromatic heterocycles. The normalized spacial score (nSPS) is 13.5. The Morgan fingerprint density at radius 1 is 0.525 bits per heavy atom. The lowest BCUT2D eigenvalue weighted by Crippen LogP contribution is -2.68. The summed E-state index contributed by atoms with van der Waals surface area (Å²) in [5.74, 6) is 0. The Morgan fingerprint density at radius 3 is 1.82 bits per heavy atom. The molecular weight excluding hydrogens is 501 g/mol. The van der Waals surface area contributed by atoms with E-state index in [0.29, 0.717) is 0 Å². The maximum atomic E-state index is 2.48. The number of para-hydroxylation sites is 2. The Kier molecular flexibility index (Phi) is 6.07. The minimum Gasteiger partial charge on any atom is -0.357 e. The van der Waals surface area contributed by atoms with Crippen LogP contribution in [0.2, 0.25) is 0 Å². The minimum absolute atomic E-state index is 1.18. The molecule has 0 aliphatic carbocycles. The van der Waals surface area contributed by atoms with Crippen molar-refractivity contribution in [3.8, 4) is 5.69 Å². The van der Waals surface area contributed by atoms with Gasteiger partial charge < -0.3 is 9.47 Å². The Labute approximate surface area is 236 Å². The molecule has 192 valence electrons. The highest BCUT2D eigenvalue weighted by Crippen LogP contribution is 2.32. The standard InChI is InChI=1S/C37H30N2Si/c1-38-26-13-20-32(25-27-38)40(30-16-7-3-8-17-30,31-18-9-4-10-19-31)33-23-24-37-35(28-33)34-21-11-12-22-36(34)39(37)29-14-5-2-6-15-29/h2-28H,1H3. The molecule has 6 aromatic rings. The zero-order valence-corrected chi connectivity index (χ0v) is 23.5. The Morgan fingerprint density at radius 2 is 1.12 bits per heavy atom. The van der Waals surface area contributed by atoms with Crippen LogP contribution in [0.1, 0.15) is 0 Å². The van der Waals surface area contributed by atoms with Crippen LogP contribution in [0, 0.1) is 0 Å². The highest BCUT2D eigenvalue weighted by molar-refractivity contribution is 7.16. The minimum atomic E-state index is -2.67. The van der Waals surface area contributed by atoms with Crippen LogP contribution in [0.15, 0.2) is 169 Å². The molecule has 3 heteroatoms. The van der Waals surface area contributed by atoms with E-state index in [0.717, 1.165) is 0 Å². The summed E-state index contributed by atoms with van der Waals surface area (Å²) in [7, 11) is -0.586. The molecule has 0 atom stereocenters. The van der Waals surface area contributed by atoms with Crippen molar-refractivity contribution in [3.63, 3.8) is 0 Å². The van der Waals surface area contributed by atoms with Crippen LogP contribution in [-0.2, 0) is 0 Å². The molecule has 40 heavy (non-hydrogen) atoms. The van der Waals surface area contributed by atoms with Gasteiger partial charge in [-0.05, 0) is 57.2 Å². The van der Waals surface area contributed by atoms with Crippen LogP contribution >= 0.6 is 0 Å². The molecule has 1 aliphatic heterocycles. The van der Waals surface area contributed by atoms with E-state index in [9.17, 15) is 0 Å². The molecule has 2 nitrogen and oxygen atoms in total. The molecule has 0 N–H and O–H groups in total. The number of hydrogen-bond donors (Lipinski definition) is 0. The van der Waals surface area contributed by atoms with Crippen LogP contribution in [0.4, 0.5) is 0 Å². The van der Waals surface area contributed by atoms with E-state index in [-0.39, 0.29) is 0 Å². The van der Waals surface area contributed by atoms with E-state index in [2.05, 4.69) is 181 Å². The van der Waals surface area contributed by atoms with Crippen molar-refractivity contribution in [2.45, 2.75) is 0 Å². The Balaban J connectivity index is 1.60. The molecule has 1 aliphatic rings. The summed E-state index contributed by atoms with van der Waals surface area (Å²) < 4.78 is 2.39. The predicted molar refractivity (Wildman–Crippen MR) is 172 cm³/mol. The lowest BCUT2D eigenvalue weighted by molar-refractivity contribution is 0.627. The molecule has 0 saturated heterocycles. The number of benzene rings is 5. The molecule has 5 aromatic carbocycles. The van der Waals surface area contributed by atoms with Crippen molar-refractivity contribution in [2.24, 2.45) is 0 Å². The Hall–Kier alpha value is -4.86. The van der Waals surface area contributed by atoms with Crippen molar-refractivity contribution < 1.29 is 0 Å². The zero-order chi connectivity index (χ0) is 26.9. The lowest BCUT2D eigenvalue weighted by Gasteiger charge is -2.35. The number of fused-ring (bicyclic) bond motifs is 3. The fourth-order valence-electron chi connectivity index (χ4n) is 6.27. The molecule has 0 bridgehead atoms. The summed E-state index contributed by atoms with van der Waals surface area (Å²) in [6.07, 6.45) is 11.1. The molecule has 2 heterocycles. The molecule has 0 radical (unpaired) electrons. The van der Waals surface area contributed by atoms with Crippen molar-refractivity contribution in [3.05, 3.63) is 169 Å². The van der Waals surface area contributed by atoms with Gasteiger partial charge in [0.05, 0.1) is 11.0 Å². The van der Waals surface area contributed by atoms with Gasteiger partial charge in [0, 0.05) is 35.9 Å². The van der Waals surface area contributed by atoms with Crippen molar-refractivity contribution in [2.75, 3.05) is 7.05 Å². The number of rotatable bonds is 5. The van der Waals surface area contributed by atoms with Gasteiger partial charge in [-0.15, -0.1) is 0 Å². The van der Waals surface area contributed by atoms with Crippen molar-refractivity contribution >= 4 is 45.4 Å². The van der Waals surface area contributed by atoms with Crippen LogP contribution in [0.5, 0.6) is 0 Å². The van der Waals surface area contributed by atoms with E-state index in [4.69, 9.17) is 0 Å². The highest BCUT2D eigenvalue weighted by Gasteiger charge is 2.42. The largest absolute Gasteiger partial charge is 0.357 e. The van der Waals surface area contributed by atoms with Gasteiger partial charge in [0.25, 0.3) is 0 Å². The van der Waals surface area contributed by atoms with Crippen molar-refractivity contribution in [1.29, 1.82) is 0 Å². The summed E-state index contributed by atoms with van der Waals surface area (Å²) >= 11 is 0. The summed E-state index contributed by atoms with van der Waals surface area (Å²) in [6, 6.07) is 49.0. The van der Waals surface area contributed by atoms with Gasteiger partial charge in [0.2, 0.25) is 0 Å². The average Bonchev–Trinajstić information content (AvgIpc) is 3.19. The van der Waals surface area contributed by atoms with Gasteiger partial charge in [0.1, 0.15) is 0 Å². The van der Waals surface area contributed by atoms with Crippen LogP contribution < -0.4 is 15.6 Å². The smallest absolute Gasteiger partial charge is 0.179 e. The van der Waals surface area contributed by atoms with Gasteiger partial charge in [-0.25, -0.2) is 0 Å². The molecule has 7 rings (SSSR count). The highest BCUT2D eigenvalue weighted by atomic mass is 28.3. The third-order valence-corrected chi connectivity index (χ3v) is 12.8. The Bertz CT molecular complexity index is 1860. The topological polar surface area (TPSA) is 8.17 Å². The quantitative estimate of drug-likeness (QED) is 0.178. The second-order valence-corrected chi connectivity index (χ2v) is 14.2. The average molecular weight is 531 g/mol. The van der Waals surface area contributed by atoms with E-state index < -0.39 is 8.07 Å². The summed E-state index contributed by atoms with van der Waals surface area (Å²) in [5, 5.41) is 8.05. The zero-order valence-electron chi connectivity index (χ0n) is 22.5. The SMILES string of the molecule is CN1C=CC=C([Si](c2ccccc2)(c2ccccc2)c2ccc3c(c2)c2ccccc2n3-c2ccccc2)C=C1. The maximum Gasteiger partial charge on any atom is 0.179 e. The van der Waals surface area contributed by atoms with E-state index >= 15 is 0 Å². The number of aromatic nitrogens is 1. The van der Waals surface area contributed by atoms with Gasteiger partial charge >= 0.3 is 0 Å². The van der Waals surface area contributed by atoms with Crippen molar-refractivity contribution in [1.82, 2.24) is 9.47 Å². The third-order valence-electron chi connectivity index (χ3n) is 8.05. The summed E-state index contributed by atoms with van der Waals surface area (Å²) in [6.45, 7) is 0. The molecular formula is C37H30N2Si. The van der Waals surface area contributed by atoms with Gasteiger partial charge in [0.15, 0.2) is 8.07 Å². The first-order valence-electron chi connectivity index (χ1n) is 13.8. The van der Waals surface area contributed by atoms with Crippen LogP contribution in [-0.4, -0.2) is 24.6 Å². The summed E-state index contributed by atoms with van der Waals surface area (Å²) in [5.41, 5.74) is 3.63.